The Morgan fingerprint density at radius 2 is 1.91 bits per heavy atom. The van der Waals surface area contributed by atoms with Crippen molar-refractivity contribution in [2.75, 3.05) is 6.61 Å². The monoisotopic (exact) mass is 505 g/mol. The maximum absolute atomic E-state index is 13.8. The van der Waals surface area contributed by atoms with Crippen LogP contribution in [-0.2, 0) is 16.1 Å². The zero-order chi connectivity index (χ0) is 24.7. The minimum absolute atomic E-state index is 0.198. The summed E-state index contributed by atoms with van der Waals surface area (Å²) in [5.74, 6) is -0.478. The Morgan fingerprint density at radius 1 is 1.17 bits per heavy atom. The van der Waals surface area contributed by atoms with Gasteiger partial charge in [0.15, 0.2) is 4.80 Å². The van der Waals surface area contributed by atoms with E-state index in [1.54, 1.807) is 30.5 Å². The number of ether oxygens (including phenoxy) is 1. The molecule has 0 saturated heterocycles. The van der Waals surface area contributed by atoms with Crippen molar-refractivity contribution in [3.8, 4) is 0 Å². The highest BCUT2D eigenvalue weighted by Crippen LogP contribution is 2.31. The topological polar surface area (TPSA) is 65.6 Å². The van der Waals surface area contributed by atoms with Crippen LogP contribution in [0.5, 0.6) is 0 Å². The van der Waals surface area contributed by atoms with Gasteiger partial charge in [0, 0.05) is 34.2 Å². The number of carbonyl (C=O) groups excluding carboxylic acids is 1. The molecule has 3 heterocycles. The van der Waals surface area contributed by atoms with Crippen molar-refractivity contribution in [3.63, 3.8) is 0 Å². The average Bonchev–Trinajstić information content (AvgIpc) is 3.36. The molecule has 0 unspecified atom stereocenters. The van der Waals surface area contributed by atoms with Crippen molar-refractivity contribution >= 4 is 45.9 Å². The summed E-state index contributed by atoms with van der Waals surface area (Å²) in [4.78, 5) is 31.9. The first-order valence-electron chi connectivity index (χ1n) is 11.5. The average molecular weight is 506 g/mol. The molecule has 4 aromatic rings. The number of thiazole rings is 1. The van der Waals surface area contributed by atoms with E-state index in [2.05, 4.69) is 34.8 Å². The van der Waals surface area contributed by atoms with E-state index in [9.17, 15) is 9.59 Å². The normalized spacial score (nSPS) is 15.9. The molecule has 35 heavy (non-hydrogen) atoms. The fourth-order valence-electron chi connectivity index (χ4n) is 4.55. The highest BCUT2D eigenvalue weighted by molar-refractivity contribution is 7.07. The summed E-state index contributed by atoms with van der Waals surface area (Å²) in [6, 6.07) is 14.7. The van der Waals surface area contributed by atoms with E-state index >= 15 is 0 Å². The summed E-state index contributed by atoms with van der Waals surface area (Å²) in [5, 5.41) is 1.66. The molecule has 0 N–H and O–H groups in total. The Hall–Kier alpha value is -3.42. The van der Waals surface area contributed by atoms with Crippen LogP contribution in [0.2, 0.25) is 5.02 Å². The van der Waals surface area contributed by atoms with Crippen LogP contribution in [0.1, 0.15) is 37.9 Å². The lowest BCUT2D eigenvalue weighted by atomic mass is 9.96. The molecule has 178 valence electrons. The van der Waals surface area contributed by atoms with Gasteiger partial charge in [-0.15, -0.1) is 0 Å². The molecule has 1 aliphatic heterocycles. The standard InChI is InChI=1S/C27H24ClN3O3S/c1-4-30-15-18(20-8-6-7-9-21(20)30)14-22-25(32)31-24(17-10-12-19(28)13-11-17)23(26(33)34-5-2)16(3)29-27(31)35-22/h6-15,24H,4-5H2,1-3H3/b22-14-/t24-/m1/s1. The van der Waals surface area contributed by atoms with Crippen molar-refractivity contribution in [1.29, 1.82) is 0 Å². The number of nitrogens with zero attached hydrogens (tertiary/aromatic N) is 3. The third-order valence-corrected chi connectivity index (χ3v) is 7.38. The van der Waals surface area contributed by atoms with Crippen LogP contribution in [0.15, 0.2) is 75.8 Å². The van der Waals surface area contributed by atoms with Crippen LogP contribution in [0.3, 0.4) is 0 Å². The number of rotatable bonds is 5. The lowest BCUT2D eigenvalue weighted by Gasteiger charge is -2.24. The molecule has 1 atom stereocenters. The van der Waals surface area contributed by atoms with Crippen LogP contribution < -0.4 is 14.9 Å². The van der Waals surface area contributed by atoms with E-state index in [-0.39, 0.29) is 12.2 Å². The zero-order valence-corrected chi connectivity index (χ0v) is 21.2. The first kappa shape index (κ1) is 23.3. The van der Waals surface area contributed by atoms with E-state index in [1.807, 2.05) is 30.3 Å². The van der Waals surface area contributed by atoms with E-state index in [0.29, 0.717) is 25.6 Å². The van der Waals surface area contributed by atoms with Gasteiger partial charge < -0.3 is 9.30 Å². The van der Waals surface area contributed by atoms with Gasteiger partial charge in [-0.3, -0.25) is 9.36 Å². The predicted molar refractivity (Wildman–Crippen MR) is 139 cm³/mol. The first-order chi connectivity index (χ1) is 16.9. The molecule has 0 fully saturated rings. The molecule has 0 amide bonds. The van der Waals surface area contributed by atoms with Gasteiger partial charge in [-0.05, 0) is 50.6 Å². The SMILES string of the molecule is CCOC(=O)C1=C(C)N=c2s/c(=C\c3cn(CC)c4ccccc34)c(=O)n2[C@@H]1c1ccc(Cl)cc1. The molecule has 2 aromatic heterocycles. The molecule has 0 bridgehead atoms. The number of benzene rings is 2. The number of aryl methyl sites for hydroxylation is 1. The molecule has 2 aromatic carbocycles. The second-order valence-electron chi connectivity index (χ2n) is 8.24. The number of esters is 1. The molecule has 6 nitrogen and oxygen atoms in total. The Kier molecular flexibility index (Phi) is 6.21. The summed E-state index contributed by atoms with van der Waals surface area (Å²) >= 11 is 7.44. The number of halogens is 1. The molecule has 0 saturated carbocycles. The lowest BCUT2D eigenvalue weighted by molar-refractivity contribution is -0.139. The largest absolute Gasteiger partial charge is 0.463 e. The Morgan fingerprint density at radius 3 is 2.63 bits per heavy atom. The lowest BCUT2D eigenvalue weighted by Crippen LogP contribution is -2.39. The number of allylic oxidation sites excluding steroid dienone is 1. The summed E-state index contributed by atoms with van der Waals surface area (Å²) in [6.45, 7) is 6.69. The quantitative estimate of drug-likeness (QED) is 0.377. The third kappa shape index (κ3) is 4.05. The summed E-state index contributed by atoms with van der Waals surface area (Å²) in [5.41, 5.74) is 3.55. The summed E-state index contributed by atoms with van der Waals surface area (Å²) < 4.78 is 9.66. The Balaban J connectivity index is 1.75. The van der Waals surface area contributed by atoms with Crippen LogP contribution in [0.4, 0.5) is 0 Å². The van der Waals surface area contributed by atoms with Crippen LogP contribution in [0.25, 0.3) is 17.0 Å². The van der Waals surface area contributed by atoms with E-state index in [4.69, 9.17) is 16.3 Å². The molecule has 0 spiro atoms. The maximum Gasteiger partial charge on any atom is 0.338 e. The highest BCUT2D eigenvalue weighted by atomic mass is 35.5. The first-order valence-corrected chi connectivity index (χ1v) is 12.6. The van der Waals surface area contributed by atoms with E-state index in [1.165, 1.54) is 11.3 Å². The summed E-state index contributed by atoms with van der Waals surface area (Å²) in [6.07, 6.45) is 3.98. The second-order valence-corrected chi connectivity index (χ2v) is 9.69. The second kappa shape index (κ2) is 9.32. The maximum atomic E-state index is 13.8. The van der Waals surface area contributed by atoms with Crippen LogP contribution >= 0.6 is 22.9 Å². The highest BCUT2D eigenvalue weighted by Gasteiger charge is 2.33. The number of hydrogen-bond donors (Lipinski definition) is 0. The predicted octanol–water partition coefficient (Wildman–Crippen LogP) is 4.43. The van der Waals surface area contributed by atoms with Crippen molar-refractivity contribution in [2.45, 2.75) is 33.4 Å². The smallest absolute Gasteiger partial charge is 0.338 e. The van der Waals surface area contributed by atoms with Gasteiger partial charge in [-0.1, -0.05) is 53.3 Å². The number of hydrogen-bond acceptors (Lipinski definition) is 5. The van der Waals surface area contributed by atoms with Gasteiger partial charge in [-0.25, -0.2) is 9.79 Å². The van der Waals surface area contributed by atoms with Gasteiger partial charge in [-0.2, -0.15) is 0 Å². The van der Waals surface area contributed by atoms with Gasteiger partial charge in [0.2, 0.25) is 0 Å². The van der Waals surface area contributed by atoms with Crippen molar-refractivity contribution < 1.29 is 9.53 Å². The summed E-state index contributed by atoms with van der Waals surface area (Å²) in [7, 11) is 0. The number of fused-ring (bicyclic) bond motifs is 2. The molecule has 1 aliphatic rings. The fraction of sp³-hybridized carbons (Fsp3) is 0.222. The minimum Gasteiger partial charge on any atom is -0.463 e. The number of aromatic nitrogens is 2. The van der Waals surface area contributed by atoms with E-state index in [0.717, 1.165) is 28.6 Å². The molecular formula is C27H24ClN3O3S. The minimum atomic E-state index is -0.651. The van der Waals surface area contributed by atoms with Gasteiger partial charge in [0.1, 0.15) is 0 Å². The Labute approximate surface area is 211 Å². The Bertz CT molecular complexity index is 1660. The zero-order valence-electron chi connectivity index (χ0n) is 19.6. The van der Waals surface area contributed by atoms with E-state index < -0.39 is 12.0 Å². The number of carbonyl (C=O) groups is 1. The molecule has 8 heteroatoms. The van der Waals surface area contributed by atoms with Crippen LogP contribution in [-0.4, -0.2) is 21.7 Å². The van der Waals surface area contributed by atoms with Crippen molar-refractivity contribution in [3.05, 3.63) is 102 Å². The van der Waals surface area contributed by atoms with Crippen molar-refractivity contribution in [2.24, 2.45) is 4.99 Å². The molecule has 0 radical (unpaired) electrons. The fourth-order valence-corrected chi connectivity index (χ4v) is 5.71. The molecule has 0 aliphatic carbocycles. The molecular weight excluding hydrogens is 482 g/mol. The van der Waals surface area contributed by atoms with Gasteiger partial charge in [0.05, 0.1) is 28.5 Å². The van der Waals surface area contributed by atoms with Crippen LogP contribution in [0, 0.1) is 0 Å². The third-order valence-electron chi connectivity index (χ3n) is 6.15. The van der Waals surface area contributed by atoms with Gasteiger partial charge >= 0.3 is 5.97 Å². The van der Waals surface area contributed by atoms with Crippen molar-refractivity contribution in [1.82, 2.24) is 9.13 Å². The van der Waals surface area contributed by atoms with Gasteiger partial charge in [0.25, 0.3) is 5.56 Å². The number of para-hydroxylation sites is 1. The molecule has 5 rings (SSSR count).